The molecule has 1 saturated heterocycles. The van der Waals surface area contributed by atoms with Crippen molar-refractivity contribution in [1.82, 2.24) is 5.32 Å². The van der Waals surface area contributed by atoms with E-state index < -0.39 is 0 Å². The highest BCUT2D eigenvalue weighted by molar-refractivity contribution is 5.80. The topological polar surface area (TPSA) is 58.6 Å². The summed E-state index contributed by atoms with van der Waals surface area (Å²) in [6, 6.07) is -0.0680. The van der Waals surface area contributed by atoms with Crippen molar-refractivity contribution < 1.29 is 14.6 Å². The quantitative estimate of drug-likeness (QED) is 0.785. The van der Waals surface area contributed by atoms with Gasteiger partial charge in [-0.2, -0.15) is 0 Å². The van der Waals surface area contributed by atoms with Gasteiger partial charge in [0.25, 0.3) is 0 Å². The average molecular weight is 255 g/mol. The maximum Gasteiger partial charge on any atom is 0.226 e. The van der Waals surface area contributed by atoms with Crippen LogP contribution in [0.15, 0.2) is 0 Å². The Morgan fingerprint density at radius 1 is 1.17 bits per heavy atom. The highest BCUT2D eigenvalue weighted by Gasteiger charge is 2.42. The highest BCUT2D eigenvalue weighted by Crippen LogP contribution is 2.32. The number of carbonyl (C=O) groups is 1. The van der Waals surface area contributed by atoms with Crippen molar-refractivity contribution >= 4 is 5.91 Å². The van der Waals surface area contributed by atoms with E-state index in [9.17, 15) is 9.90 Å². The van der Waals surface area contributed by atoms with E-state index in [0.717, 1.165) is 25.7 Å². The summed E-state index contributed by atoms with van der Waals surface area (Å²) < 4.78 is 5.70. The number of carbonyl (C=O) groups excluding carboxylic acids is 1. The van der Waals surface area contributed by atoms with Crippen LogP contribution in [-0.4, -0.2) is 35.4 Å². The molecule has 0 aromatic heterocycles. The van der Waals surface area contributed by atoms with E-state index in [1.54, 1.807) is 0 Å². The van der Waals surface area contributed by atoms with Gasteiger partial charge in [-0.25, -0.2) is 0 Å². The highest BCUT2D eigenvalue weighted by atomic mass is 16.5. The van der Waals surface area contributed by atoms with Crippen molar-refractivity contribution in [2.75, 3.05) is 0 Å². The molecule has 4 unspecified atom stereocenters. The van der Waals surface area contributed by atoms with E-state index in [2.05, 4.69) is 12.2 Å². The summed E-state index contributed by atoms with van der Waals surface area (Å²) in [5.74, 6) is 0.195. The number of rotatable bonds is 2. The molecule has 4 nitrogen and oxygen atoms in total. The van der Waals surface area contributed by atoms with Gasteiger partial charge < -0.3 is 15.2 Å². The van der Waals surface area contributed by atoms with Gasteiger partial charge in [0.2, 0.25) is 5.91 Å². The molecule has 1 aliphatic carbocycles. The van der Waals surface area contributed by atoms with Crippen molar-refractivity contribution in [3.63, 3.8) is 0 Å². The molecule has 18 heavy (non-hydrogen) atoms. The maximum absolute atomic E-state index is 12.3. The molecule has 2 fully saturated rings. The Kier molecular flexibility index (Phi) is 4.28. The van der Waals surface area contributed by atoms with Crippen LogP contribution in [0.5, 0.6) is 0 Å². The summed E-state index contributed by atoms with van der Waals surface area (Å²) in [6.45, 7) is 6.04. The number of nitrogens with one attached hydrogen (secondary N) is 1. The lowest BCUT2D eigenvalue weighted by molar-refractivity contribution is -0.129. The number of aliphatic hydroxyl groups excluding tert-OH is 1. The Hall–Kier alpha value is -0.610. The molecule has 2 aliphatic rings. The van der Waals surface area contributed by atoms with Crippen LogP contribution in [0.3, 0.4) is 0 Å². The Morgan fingerprint density at radius 3 is 2.39 bits per heavy atom. The lowest BCUT2D eigenvalue weighted by atomic mass is 9.87. The minimum absolute atomic E-state index is 0.0317. The first kappa shape index (κ1) is 13.8. The Morgan fingerprint density at radius 2 is 1.83 bits per heavy atom. The first-order valence-electron chi connectivity index (χ1n) is 7.14. The molecular weight excluding hydrogens is 230 g/mol. The first-order valence-corrected chi connectivity index (χ1v) is 7.14. The summed E-state index contributed by atoms with van der Waals surface area (Å²) in [5, 5.41) is 12.9. The molecule has 0 aromatic carbocycles. The molecular formula is C14H25NO3. The third-order valence-electron chi connectivity index (χ3n) is 4.60. The SMILES string of the molecule is CC1OC(C)C(C(=O)N[C@@H]2CCCC[C@H]2O)C1C. The van der Waals surface area contributed by atoms with Crippen LogP contribution in [0.25, 0.3) is 0 Å². The van der Waals surface area contributed by atoms with Gasteiger partial charge >= 0.3 is 0 Å². The Balaban J connectivity index is 1.95. The molecule has 1 amide bonds. The van der Waals surface area contributed by atoms with Crippen molar-refractivity contribution in [2.45, 2.75) is 70.8 Å². The predicted octanol–water partition coefficient (Wildman–Crippen LogP) is 1.47. The van der Waals surface area contributed by atoms with Crippen LogP contribution in [0.4, 0.5) is 0 Å². The fourth-order valence-electron chi connectivity index (χ4n) is 3.28. The molecule has 1 heterocycles. The van der Waals surface area contributed by atoms with Gasteiger partial charge in [-0.1, -0.05) is 19.8 Å². The standard InChI is InChI=1S/C14H25NO3/c1-8-9(2)18-10(3)13(8)14(17)15-11-6-4-5-7-12(11)16/h8-13,16H,4-7H2,1-3H3,(H,15,17)/t8?,9?,10?,11-,12-,13?/m1/s1. The van der Waals surface area contributed by atoms with Crippen molar-refractivity contribution in [2.24, 2.45) is 11.8 Å². The lowest BCUT2D eigenvalue weighted by Gasteiger charge is -2.30. The molecule has 1 aliphatic heterocycles. The summed E-state index contributed by atoms with van der Waals surface area (Å²) in [4.78, 5) is 12.3. The van der Waals surface area contributed by atoms with Crippen LogP contribution < -0.4 is 5.32 Å². The van der Waals surface area contributed by atoms with Crippen LogP contribution >= 0.6 is 0 Å². The number of hydrogen-bond acceptors (Lipinski definition) is 3. The minimum atomic E-state index is -0.381. The lowest BCUT2D eigenvalue weighted by Crippen LogP contribution is -2.49. The van der Waals surface area contributed by atoms with E-state index in [1.165, 1.54) is 0 Å². The van der Waals surface area contributed by atoms with E-state index in [1.807, 2.05) is 13.8 Å². The molecule has 104 valence electrons. The molecule has 0 spiro atoms. The van der Waals surface area contributed by atoms with Gasteiger partial charge in [0.05, 0.1) is 30.3 Å². The van der Waals surface area contributed by atoms with E-state index in [0.29, 0.717) is 0 Å². The summed E-state index contributed by atoms with van der Waals surface area (Å²) in [5.41, 5.74) is 0. The molecule has 0 bridgehead atoms. The van der Waals surface area contributed by atoms with Crippen molar-refractivity contribution in [3.05, 3.63) is 0 Å². The molecule has 0 aromatic rings. The molecule has 1 saturated carbocycles. The largest absolute Gasteiger partial charge is 0.391 e. The van der Waals surface area contributed by atoms with E-state index >= 15 is 0 Å². The molecule has 2 rings (SSSR count). The smallest absolute Gasteiger partial charge is 0.226 e. The zero-order valence-corrected chi connectivity index (χ0v) is 11.6. The zero-order valence-electron chi connectivity index (χ0n) is 11.6. The predicted molar refractivity (Wildman–Crippen MR) is 69.1 cm³/mol. The van der Waals surface area contributed by atoms with Crippen LogP contribution in [0.2, 0.25) is 0 Å². The van der Waals surface area contributed by atoms with Gasteiger partial charge in [0.15, 0.2) is 0 Å². The van der Waals surface area contributed by atoms with E-state index in [-0.39, 0.29) is 42.1 Å². The van der Waals surface area contributed by atoms with Gasteiger partial charge in [0.1, 0.15) is 0 Å². The van der Waals surface area contributed by atoms with Gasteiger partial charge in [0, 0.05) is 0 Å². The fraction of sp³-hybridized carbons (Fsp3) is 0.929. The second kappa shape index (κ2) is 5.57. The molecule has 0 radical (unpaired) electrons. The first-order chi connectivity index (χ1) is 8.50. The fourth-order valence-corrected chi connectivity index (χ4v) is 3.28. The van der Waals surface area contributed by atoms with Gasteiger partial charge in [-0.15, -0.1) is 0 Å². The summed E-state index contributed by atoms with van der Waals surface area (Å²) >= 11 is 0. The number of aliphatic hydroxyl groups is 1. The minimum Gasteiger partial charge on any atom is -0.391 e. The average Bonchev–Trinajstić information content (AvgIpc) is 2.56. The van der Waals surface area contributed by atoms with Gasteiger partial charge in [-0.3, -0.25) is 4.79 Å². The molecule has 2 N–H and O–H groups in total. The van der Waals surface area contributed by atoms with Crippen molar-refractivity contribution in [1.29, 1.82) is 0 Å². The van der Waals surface area contributed by atoms with Crippen molar-refractivity contribution in [3.8, 4) is 0 Å². The van der Waals surface area contributed by atoms with Gasteiger partial charge in [-0.05, 0) is 32.6 Å². The maximum atomic E-state index is 12.3. The Labute approximate surface area is 109 Å². The number of hydrogen-bond donors (Lipinski definition) is 2. The third-order valence-corrected chi connectivity index (χ3v) is 4.60. The zero-order chi connectivity index (χ0) is 13.3. The monoisotopic (exact) mass is 255 g/mol. The molecule has 6 atom stereocenters. The second-order valence-electron chi connectivity index (χ2n) is 5.90. The summed E-state index contributed by atoms with van der Waals surface area (Å²) in [6.07, 6.45) is 3.55. The molecule has 4 heteroatoms. The van der Waals surface area contributed by atoms with Crippen LogP contribution in [0, 0.1) is 11.8 Å². The van der Waals surface area contributed by atoms with Crippen LogP contribution in [-0.2, 0) is 9.53 Å². The van der Waals surface area contributed by atoms with Crippen LogP contribution in [0.1, 0.15) is 46.5 Å². The second-order valence-corrected chi connectivity index (χ2v) is 5.90. The third kappa shape index (κ3) is 2.69. The normalized spacial score (nSPS) is 44.9. The van der Waals surface area contributed by atoms with E-state index in [4.69, 9.17) is 4.74 Å². The Bertz CT molecular complexity index is 307. The number of ether oxygens (including phenoxy) is 1. The number of amides is 1. The summed E-state index contributed by atoms with van der Waals surface area (Å²) in [7, 11) is 0.